The number of aromatic hydroxyl groups is 2. The highest BCUT2D eigenvalue weighted by Crippen LogP contribution is 2.45. The van der Waals surface area contributed by atoms with E-state index in [1.54, 1.807) is 12.1 Å². The molecule has 1 atom stereocenters. The highest BCUT2D eigenvalue weighted by atomic mass is 31.0. The van der Waals surface area contributed by atoms with Gasteiger partial charge in [0.25, 0.3) is 0 Å². The van der Waals surface area contributed by atoms with Gasteiger partial charge in [0, 0.05) is 16.7 Å². The molecule has 0 aliphatic carbocycles. The molecular weight excluding hydrogens is 375 g/mol. The molecule has 0 heterocycles. The summed E-state index contributed by atoms with van der Waals surface area (Å²) >= 11 is 0. The average Bonchev–Trinajstić information content (AvgIpc) is 2.74. The van der Waals surface area contributed by atoms with E-state index in [1.807, 2.05) is 78.9 Å². The largest absolute Gasteiger partial charge is 0.507 e. The van der Waals surface area contributed by atoms with E-state index in [0.717, 1.165) is 49.1 Å². The predicted octanol–water partition coefficient (Wildman–Crippen LogP) is 6.24. The molecule has 1 unspecified atom stereocenters. The molecule has 0 aliphatic heterocycles. The van der Waals surface area contributed by atoms with Crippen LogP contribution in [0.1, 0.15) is 0 Å². The Morgan fingerprint density at radius 3 is 1.69 bits per heavy atom. The predicted molar refractivity (Wildman–Crippen MR) is 125 cm³/mol. The number of fused-ring (bicyclic) bond motifs is 2. The molecule has 0 aliphatic rings. The summed E-state index contributed by atoms with van der Waals surface area (Å²) in [5.74, 6) is 0.444. The maximum absolute atomic E-state index is 10.9. The number of hydrogen-bond donors (Lipinski definition) is 2. The Bertz CT molecular complexity index is 1390. The van der Waals surface area contributed by atoms with Gasteiger partial charge in [0.05, 0.1) is 0 Å². The van der Waals surface area contributed by atoms with Crippen LogP contribution in [-0.2, 0) is 0 Å². The van der Waals surface area contributed by atoms with Crippen LogP contribution in [0.4, 0.5) is 0 Å². The van der Waals surface area contributed by atoms with Gasteiger partial charge in [0.2, 0.25) is 0 Å². The second-order valence-electron chi connectivity index (χ2n) is 7.13. The first-order valence-electron chi connectivity index (χ1n) is 9.46. The van der Waals surface area contributed by atoms with Crippen LogP contribution in [0.15, 0.2) is 91.0 Å². The number of benzene rings is 5. The molecule has 29 heavy (non-hydrogen) atoms. The van der Waals surface area contributed by atoms with Crippen molar-refractivity contribution in [2.24, 2.45) is 0 Å². The van der Waals surface area contributed by atoms with Crippen molar-refractivity contribution in [3.8, 4) is 33.8 Å². The number of phenolic OH excluding ortho intramolecular Hbond substituents is 2. The lowest BCUT2D eigenvalue weighted by molar-refractivity contribution is 0.477. The fraction of sp³-hybridized carbons (Fsp3) is 0. The third-order valence-electron chi connectivity index (χ3n) is 5.43. The van der Waals surface area contributed by atoms with Gasteiger partial charge in [-0.15, -0.1) is 9.24 Å². The van der Waals surface area contributed by atoms with E-state index in [9.17, 15) is 10.2 Å². The maximum Gasteiger partial charge on any atom is 0.124 e. The van der Waals surface area contributed by atoms with E-state index in [1.165, 1.54) is 0 Å². The van der Waals surface area contributed by atoms with E-state index in [4.69, 9.17) is 0 Å². The van der Waals surface area contributed by atoms with Gasteiger partial charge in [-0.2, -0.15) is 0 Å². The topological polar surface area (TPSA) is 40.5 Å². The molecule has 3 heteroatoms. The molecule has 0 saturated carbocycles. The van der Waals surface area contributed by atoms with E-state index in [2.05, 4.69) is 9.24 Å². The molecule has 2 nitrogen and oxygen atoms in total. The van der Waals surface area contributed by atoms with E-state index in [-0.39, 0.29) is 11.5 Å². The molecule has 5 aromatic carbocycles. The molecule has 0 saturated heterocycles. The van der Waals surface area contributed by atoms with Crippen molar-refractivity contribution in [3.63, 3.8) is 0 Å². The second-order valence-corrected chi connectivity index (χ2v) is 7.75. The molecule has 0 aromatic heterocycles. The first-order chi connectivity index (χ1) is 14.1. The maximum atomic E-state index is 10.9. The van der Waals surface area contributed by atoms with Crippen LogP contribution in [0.3, 0.4) is 0 Å². The molecule has 0 radical (unpaired) electrons. The van der Waals surface area contributed by atoms with Crippen LogP contribution in [0, 0.1) is 0 Å². The Morgan fingerprint density at radius 1 is 0.483 bits per heavy atom. The minimum atomic E-state index is 0.222. The summed E-state index contributed by atoms with van der Waals surface area (Å²) in [6, 6.07) is 29.4. The zero-order chi connectivity index (χ0) is 20.0. The summed E-state index contributed by atoms with van der Waals surface area (Å²) in [7, 11) is 2.78. The minimum Gasteiger partial charge on any atom is -0.507 e. The van der Waals surface area contributed by atoms with Crippen LogP contribution in [-0.4, -0.2) is 10.2 Å². The molecule has 0 amide bonds. The summed E-state index contributed by atoms with van der Waals surface area (Å²) in [6.07, 6.45) is 0. The first kappa shape index (κ1) is 17.7. The van der Waals surface area contributed by atoms with Crippen molar-refractivity contribution < 1.29 is 10.2 Å². The van der Waals surface area contributed by atoms with Crippen LogP contribution in [0.25, 0.3) is 43.8 Å². The first-order valence-corrected chi connectivity index (χ1v) is 10.0. The summed E-state index contributed by atoms with van der Waals surface area (Å²) in [6.45, 7) is 0. The van der Waals surface area contributed by atoms with Crippen molar-refractivity contribution in [1.29, 1.82) is 0 Å². The van der Waals surface area contributed by atoms with E-state index >= 15 is 0 Å². The van der Waals surface area contributed by atoms with Crippen molar-refractivity contribution in [2.45, 2.75) is 0 Å². The van der Waals surface area contributed by atoms with Crippen LogP contribution in [0.5, 0.6) is 11.5 Å². The van der Waals surface area contributed by atoms with Gasteiger partial charge in [-0.25, -0.2) is 0 Å². The Morgan fingerprint density at radius 2 is 1.03 bits per heavy atom. The Hall–Kier alpha value is -3.35. The third kappa shape index (κ3) is 2.85. The fourth-order valence-corrected chi connectivity index (χ4v) is 4.53. The van der Waals surface area contributed by atoms with Crippen molar-refractivity contribution >= 4 is 36.1 Å². The molecule has 2 N–H and O–H groups in total. The lowest BCUT2D eigenvalue weighted by atomic mass is 9.88. The quantitative estimate of drug-likeness (QED) is 0.348. The highest BCUT2D eigenvalue weighted by Gasteiger charge is 2.20. The standard InChI is InChI=1S/C26H19O2P/c27-21-14-12-16-6-1-3-8-18(16)24(21)20-10-5-11-23(29)26(20)25-19-9-4-2-7-17(19)13-15-22(25)28/h1-15,27-28H,29H2. The smallest absolute Gasteiger partial charge is 0.124 e. The zero-order valence-corrected chi connectivity index (χ0v) is 16.8. The molecule has 0 bridgehead atoms. The zero-order valence-electron chi connectivity index (χ0n) is 15.6. The third-order valence-corrected chi connectivity index (χ3v) is 5.91. The normalized spacial score (nSPS) is 11.2. The monoisotopic (exact) mass is 394 g/mol. The molecule has 5 aromatic rings. The molecule has 0 fully saturated rings. The van der Waals surface area contributed by atoms with E-state index in [0.29, 0.717) is 0 Å². The van der Waals surface area contributed by atoms with Crippen molar-refractivity contribution in [1.82, 2.24) is 0 Å². The number of phenols is 2. The van der Waals surface area contributed by atoms with E-state index < -0.39 is 0 Å². The SMILES string of the molecule is Oc1ccc2ccccc2c1-c1cccc(P)c1-c1c(O)ccc2ccccc12. The van der Waals surface area contributed by atoms with Crippen molar-refractivity contribution in [2.75, 3.05) is 0 Å². The Kier molecular flexibility index (Phi) is 4.23. The van der Waals surface area contributed by atoms with Gasteiger partial charge < -0.3 is 10.2 Å². The average molecular weight is 394 g/mol. The second kappa shape index (κ2) is 6.92. The van der Waals surface area contributed by atoms with Gasteiger partial charge in [0.1, 0.15) is 11.5 Å². The van der Waals surface area contributed by atoms with Gasteiger partial charge in [0.15, 0.2) is 0 Å². The molecule has 140 valence electrons. The van der Waals surface area contributed by atoms with Gasteiger partial charge in [-0.05, 0) is 44.5 Å². The Balaban J connectivity index is 1.94. The number of rotatable bonds is 2. The fourth-order valence-electron chi connectivity index (χ4n) is 4.12. The Labute approximate surface area is 171 Å². The lowest BCUT2D eigenvalue weighted by Gasteiger charge is -2.18. The van der Waals surface area contributed by atoms with Gasteiger partial charge >= 0.3 is 0 Å². The number of hydrogen-bond acceptors (Lipinski definition) is 2. The molecule has 0 spiro atoms. The summed E-state index contributed by atoms with van der Waals surface area (Å²) in [4.78, 5) is 0. The minimum absolute atomic E-state index is 0.222. The highest BCUT2D eigenvalue weighted by molar-refractivity contribution is 7.28. The summed E-state index contributed by atoms with van der Waals surface area (Å²) in [5, 5.41) is 26.7. The summed E-state index contributed by atoms with van der Waals surface area (Å²) in [5.41, 5.74) is 3.34. The van der Waals surface area contributed by atoms with Crippen molar-refractivity contribution in [3.05, 3.63) is 91.0 Å². The van der Waals surface area contributed by atoms with Gasteiger partial charge in [-0.1, -0.05) is 78.9 Å². The van der Waals surface area contributed by atoms with Crippen LogP contribution >= 0.6 is 9.24 Å². The lowest BCUT2D eigenvalue weighted by Crippen LogP contribution is -2.01. The van der Waals surface area contributed by atoms with Crippen LogP contribution in [0.2, 0.25) is 0 Å². The summed E-state index contributed by atoms with van der Waals surface area (Å²) < 4.78 is 0. The van der Waals surface area contributed by atoms with Crippen LogP contribution < -0.4 is 5.30 Å². The molecule has 5 rings (SSSR count). The van der Waals surface area contributed by atoms with Gasteiger partial charge in [-0.3, -0.25) is 0 Å². The molecular formula is C26H19O2P.